The van der Waals surface area contributed by atoms with Gasteiger partial charge in [-0.2, -0.15) is 0 Å². The Bertz CT molecular complexity index is 825. The van der Waals surface area contributed by atoms with Crippen LogP contribution in [0.15, 0.2) is 60.8 Å². The van der Waals surface area contributed by atoms with Crippen LogP contribution in [0.1, 0.15) is 0 Å². The first-order valence-electron chi connectivity index (χ1n) is 5.93. The third kappa shape index (κ3) is 1.27. The summed E-state index contributed by atoms with van der Waals surface area (Å²) in [5.74, 6) is 0. The summed E-state index contributed by atoms with van der Waals surface area (Å²) in [7, 11) is 0. The second-order valence-corrected chi connectivity index (χ2v) is 4.34. The van der Waals surface area contributed by atoms with Crippen LogP contribution < -0.4 is 0 Å². The van der Waals surface area contributed by atoms with Crippen molar-refractivity contribution in [2.24, 2.45) is 0 Å². The topological polar surface area (TPSA) is 33.1 Å². The Balaban J connectivity index is 1.99. The largest absolute Gasteiger partial charge is 0.299 e. The molecule has 0 fully saturated rings. The van der Waals surface area contributed by atoms with Gasteiger partial charge in [0.05, 0.1) is 11.0 Å². The van der Waals surface area contributed by atoms with Gasteiger partial charge in [0.25, 0.3) is 0 Å². The number of rotatable bonds is 1. The maximum atomic E-state index is 4.59. The number of hydrogen-bond acceptors (Lipinski definition) is 1. The highest BCUT2D eigenvalue weighted by atomic mass is 15.3. The zero-order chi connectivity index (χ0) is 11.9. The van der Waals surface area contributed by atoms with Gasteiger partial charge in [-0.1, -0.05) is 36.4 Å². The summed E-state index contributed by atoms with van der Waals surface area (Å²) in [5, 5.41) is 3.16. The van der Waals surface area contributed by atoms with E-state index in [4.69, 9.17) is 0 Å². The van der Waals surface area contributed by atoms with Crippen LogP contribution in [0.25, 0.3) is 27.8 Å². The highest BCUT2D eigenvalue weighted by Crippen LogP contribution is 2.24. The molecule has 0 unspecified atom stereocenters. The van der Waals surface area contributed by atoms with Crippen molar-refractivity contribution in [3.05, 3.63) is 60.8 Å². The minimum atomic E-state index is 0.954. The smallest absolute Gasteiger partial charge is 0.154 e. The highest BCUT2D eigenvalue weighted by molar-refractivity contribution is 5.85. The quantitative estimate of drug-likeness (QED) is 0.536. The Kier molecular flexibility index (Phi) is 1.83. The Morgan fingerprint density at radius 1 is 0.889 bits per heavy atom. The van der Waals surface area contributed by atoms with Gasteiger partial charge < -0.3 is 0 Å². The Morgan fingerprint density at radius 3 is 2.67 bits per heavy atom. The summed E-state index contributed by atoms with van der Waals surface area (Å²) in [5.41, 5.74) is 5.49. The molecule has 0 saturated heterocycles. The third-order valence-electron chi connectivity index (χ3n) is 3.22. The van der Waals surface area contributed by atoms with Crippen molar-refractivity contribution >= 4 is 16.7 Å². The summed E-state index contributed by atoms with van der Waals surface area (Å²) in [6.07, 6.45) is 1.90. The van der Waals surface area contributed by atoms with Crippen LogP contribution in [-0.2, 0) is 0 Å². The van der Waals surface area contributed by atoms with Crippen LogP contribution in [0, 0.1) is 0 Å². The van der Waals surface area contributed by atoms with E-state index in [1.807, 2.05) is 22.8 Å². The summed E-state index contributed by atoms with van der Waals surface area (Å²) in [6.45, 7) is 0. The molecule has 3 heteroatoms. The zero-order valence-corrected chi connectivity index (χ0v) is 9.67. The average molecular weight is 233 g/mol. The number of imidazole rings is 1. The fourth-order valence-electron chi connectivity index (χ4n) is 2.34. The SMILES string of the molecule is c1ccc(-c2ccc3c(c2)nc2cc[nH]n23)cc1. The number of aromatic amines is 1. The maximum Gasteiger partial charge on any atom is 0.154 e. The zero-order valence-electron chi connectivity index (χ0n) is 9.67. The molecule has 86 valence electrons. The van der Waals surface area contributed by atoms with Gasteiger partial charge in [0.1, 0.15) is 0 Å². The molecule has 0 aliphatic rings. The van der Waals surface area contributed by atoms with Crippen molar-refractivity contribution in [3.8, 4) is 11.1 Å². The Labute approximate surface area is 104 Å². The lowest BCUT2D eigenvalue weighted by atomic mass is 10.1. The van der Waals surface area contributed by atoms with Crippen molar-refractivity contribution in [1.29, 1.82) is 0 Å². The van der Waals surface area contributed by atoms with Crippen LogP contribution in [0.2, 0.25) is 0 Å². The number of benzene rings is 2. The van der Waals surface area contributed by atoms with E-state index in [9.17, 15) is 0 Å². The first-order chi connectivity index (χ1) is 8.92. The molecule has 0 aliphatic carbocycles. The number of hydrogen-bond donors (Lipinski definition) is 1. The molecular formula is C15H11N3. The molecule has 0 saturated carbocycles. The molecule has 2 heterocycles. The molecule has 4 rings (SSSR count). The second-order valence-electron chi connectivity index (χ2n) is 4.34. The van der Waals surface area contributed by atoms with Crippen LogP contribution >= 0.6 is 0 Å². The van der Waals surface area contributed by atoms with Crippen LogP contribution in [0.3, 0.4) is 0 Å². The number of nitrogens with zero attached hydrogens (tertiary/aromatic N) is 2. The van der Waals surface area contributed by atoms with E-state index < -0.39 is 0 Å². The molecule has 2 aromatic carbocycles. The second kappa shape index (κ2) is 3.47. The highest BCUT2D eigenvalue weighted by Gasteiger charge is 2.06. The van der Waals surface area contributed by atoms with Gasteiger partial charge >= 0.3 is 0 Å². The number of H-pyrrole nitrogens is 1. The normalized spacial score (nSPS) is 11.3. The van der Waals surface area contributed by atoms with Crippen LogP contribution in [0.4, 0.5) is 0 Å². The molecule has 2 aromatic heterocycles. The van der Waals surface area contributed by atoms with Gasteiger partial charge in [0.2, 0.25) is 0 Å². The van der Waals surface area contributed by atoms with E-state index in [1.54, 1.807) is 0 Å². The van der Waals surface area contributed by atoms with Gasteiger partial charge in [-0.15, -0.1) is 0 Å². The van der Waals surface area contributed by atoms with Crippen LogP contribution in [0.5, 0.6) is 0 Å². The first kappa shape index (κ1) is 9.48. The fraction of sp³-hybridized carbons (Fsp3) is 0. The summed E-state index contributed by atoms with van der Waals surface area (Å²) in [4.78, 5) is 4.59. The lowest BCUT2D eigenvalue weighted by Crippen LogP contribution is -1.82. The summed E-state index contributed by atoms with van der Waals surface area (Å²) < 4.78 is 1.99. The van der Waals surface area contributed by atoms with Crippen molar-refractivity contribution in [1.82, 2.24) is 14.6 Å². The van der Waals surface area contributed by atoms with Gasteiger partial charge in [-0.05, 0) is 23.3 Å². The molecule has 0 bridgehead atoms. The van der Waals surface area contributed by atoms with Crippen molar-refractivity contribution in [3.63, 3.8) is 0 Å². The predicted octanol–water partition coefficient (Wildman–Crippen LogP) is 3.48. The number of aromatic nitrogens is 3. The minimum Gasteiger partial charge on any atom is -0.299 e. The Morgan fingerprint density at radius 2 is 1.78 bits per heavy atom. The number of fused-ring (bicyclic) bond motifs is 3. The number of nitrogens with one attached hydrogen (secondary N) is 1. The monoisotopic (exact) mass is 233 g/mol. The van der Waals surface area contributed by atoms with E-state index in [0.717, 1.165) is 16.7 Å². The standard InChI is InChI=1S/C15H11N3/c1-2-4-11(5-3-1)12-6-7-14-13(10-12)17-15-8-9-16-18(14)15/h1-10,16H. The first-order valence-corrected chi connectivity index (χ1v) is 5.93. The maximum absolute atomic E-state index is 4.59. The van der Waals surface area contributed by atoms with Crippen LogP contribution in [-0.4, -0.2) is 14.6 Å². The van der Waals surface area contributed by atoms with E-state index >= 15 is 0 Å². The molecule has 0 radical (unpaired) electrons. The molecule has 0 amide bonds. The molecule has 3 nitrogen and oxygen atoms in total. The van der Waals surface area contributed by atoms with Gasteiger partial charge in [0.15, 0.2) is 5.65 Å². The molecule has 0 aliphatic heterocycles. The third-order valence-corrected chi connectivity index (χ3v) is 3.22. The van der Waals surface area contributed by atoms with Gasteiger partial charge in [-0.25, -0.2) is 9.50 Å². The van der Waals surface area contributed by atoms with E-state index in [0.29, 0.717) is 0 Å². The van der Waals surface area contributed by atoms with E-state index in [2.05, 4.69) is 52.5 Å². The lowest BCUT2D eigenvalue weighted by Gasteiger charge is -2.00. The molecule has 4 aromatic rings. The average Bonchev–Trinajstić information content (AvgIpc) is 2.99. The van der Waals surface area contributed by atoms with Crippen molar-refractivity contribution in [2.75, 3.05) is 0 Å². The van der Waals surface area contributed by atoms with E-state index in [1.165, 1.54) is 11.1 Å². The molecule has 1 N–H and O–H groups in total. The van der Waals surface area contributed by atoms with Gasteiger partial charge in [0, 0.05) is 12.3 Å². The predicted molar refractivity (Wildman–Crippen MR) is 72.5 cm³/mol. The lowest BCUT2D eigenvalue weighted by molar-refractivity contribution is 1.01. The summed E-state index contributed by atoms with van der Waals surface area (Å²) in [6, 6.07) is 18.7. The molecular weight excluding hydrogens is 222 g/mol. The van der Waals surface area contributed by atoms with Gasteiger partial charge in [-0.3, -0.25) is 5.10 Å². The van der Waals surface area contributed by atoms with Crippen molar-refractivity contribution in [2.45, 2.75) is 0 Å². The summed E-state index contributed by atoms with van der Waals surface area (Å²) >= 11 is 0. The van der Waals surface area contributed by atoms with Crippen molar-refractivity contribution < 1.29 is 0 Å². The van der Waals surface area contributed by atoms with E-state index in [-0.39, 0.29) is 0 Å². The Hall–Kier alpha value is -2.55. The minimum absolute atomic E-state index is 0.954. The molecule has 0 spiro atoms. The molecule has 0 atom stereocenters. The fourth-order valence-corrected chi connectivity index (χ4v) is 2.34. The molecule has 18 heavy (non-hydrogen) atoms.